The minimum atomic E-state index is 1.11. The van der Waals surface area contributed by atoms with Gasteiger partial charge in [-0.15, -0.1) is 0 Å². The van der Waals surface area contributed by atoms with E-state index in [-0.39, 0.29) is 0 Å². The first-order valence-electron chi connectivity index (χ1n) is 6.53. The molecule has 18 heavy (non-hydrogen) atoms. The van der Waals surface area contributed by atoms with E-state index in [9.17, 15) is 0 Å². The fourth-order valence-electron chi connectivity index (χ4n) is 2.99. The van der Waals surface area contributed by atoms with Crippen molar-refractivity contribution in [2.24, 2.45) is 0 Å². The van der Waals surface area contributed by atoms with Gasteiger partial charge in [0.05, 0.1) is 0 Å². The smallest absolute Gasteiger partial charge is 0.00929 e. The second-order valence-electron chi connectivity index (χ2n) is 4.98. The molecule has 86 valence electrons. The molecule has 0 aliphatic heterocycles. The van der Waals surface area contributed by atoms with E-state index in [0.29, 0.717) is 0 Å². The van der Waals surface area contributed by atoms with Crippen LogP contribution in [0, 0.1) is 10.4 Å². The van der Waals surface area contributed by atoms with Crippen molar-refractivity contribution in [2.75, 3.05) is 0 Å². The zero-order valence-electron chi connectivity index (χ0n) is 10.4. The molecular weight excluding hydrogens is 216 g/mol. The average molecular weight is 230 g/mol. The van der Waals surface area contributed by atoms with Crippen LogP contribution in [-0.4, -0.2) is 0 Å². The Labute approximate surface area is 106 Å². The van der Waals surface area contributed by atoms with E-state index >= 15 is 0 Å². The van der Waals surface area contributed by atoms with E-state index in [1.165, 1.54) is 37.6 Å². The van der Waals surface area contributed by atoms with Gasteiger partial charge in [-0.3, -0.25) is 0 Å². The topological polar surface area (TPSA) is 0 Å². The third-order valence-electron chi connectivity index (χ3n) is 3.95. The van der Waals surface area contributed by atoms with Gasteiger partial charge in [-0.25, -0.2) is 0 Å². The predicted molar refractivity (Wildman–Crippen MR) is 76.1 cm³/mol. The molecule has 0 bridgehead atoms. The van der Waals surface area contributed by atoms with Crippen molar-refractivity contribution in [3.05, 3.63) is 74.0 Å². The molecule has 0 nitrogen and oxygen atoms in total. The van der Waals surface area contributed by atoms with Crippen LogP contribution in [0.1, 0.15) is 24.5 Å². The van der Waals surface area contributed by atoms with Gasteiger partial charge in [0.1, 0.15) is 0 Å². The lowest BCUT2D eigenvalue weighted by Crippen LogP contribution is -2.03. The summed E-state index contributed by atoms with van der Waals surface area (Å²) in [5.41, 5.74) is 4.23. The second kappa shape index (κ2) is 3.46. The normalized spacial score (nSPS) is 14.2. The number of rotatable bonds is 1. The van der Waals surface area contributed by atoms with Gasteiger partial charge in [-0.1, -0.05) is 55.5 Å². The minimum Gasteiger partial charge on any atom is -0.0616 e. The maximum atomic E-state index is 2.34. The maximum absolute atomic E-state index is 2.34. The molecule has 0 heterocycles. The fourth-order valence-corrected chi connectivity index (χ4v) is 2.99. The van der Waals surface area contributed by atoms with Crippen molar-refractivity contribution in [3.63, 3.8) is 0 Å². The minimum absolute atomic E-state index is 1.11. The van der Waals surface area contributed by atoms with Crippen LogP contribution in [0.25, 0.3) is 18.2 Å². The van der Waals surface area contributed by atoms with E-state index in [0.717, 1.165) is 6.42 Å². The van der Waals surface area contributed by atoms with Crippen molar-refractivity contribution >= 4 is 18.2 Å². The molecule has 4 rings (SSSR count). The van der Waals surface area contributed by atoms with Gasteiger partial charge >= 0.3 is 0 Å². The van der Waals surface area contributed by atoms with E-state index in [1.54, 1.807) is 0 Å². The highest BCUT2D eigenvalue weighted by atomic mass is 14.1. The number of fused-ring (bicyclic) bond motifs is 4. The van der Waals surface area contributed by atoms with Crippen molar-refractivity contribution in [3.8, 4) is 0 Å². The summed E-state index contributed by atoms with van der Waals surface area (Å²) in [6.45, 7) is 2.22. The largest absolute Gasteiger partial charge is 0.0616 e. The number of benzene rings is 2. The van der Waals surface area contributed by atoms with Crippen molar-refractivity contribution in [2.45, 2.75) is 13.3 Å². The van der Waals surface area contributed by atoms with Crippen LogP contribution in [-0.2, 0) is 0 Å². The maximum Gasteiger partial charge on any atom is -0.00929 e. The molecule has 0 fully saturated rings. The van der Waals surface area contributed by atoms with Gasteiger partial charge in [0.2, 0.25) is 0 Å². The second-order valence-corrected chi connectivity index (χ2v) is 4.98. The molecule has 0 N–H and O–H groups in total. The van der Waals surface area contributed by atoms with E-state index in [4.69, 9.17) is 0 Å². The summed E-state index contributed by atoms with van der Waals surface area (Å²) in [6.07, 6.45) is 8.09. The van der Waals surface area contributed by atoms with Crippen molar-refractivity contribution in [1.82, 2.24) is 0 Å². The molecule has 2 aliphatic rings. The van der Waals surface area contributed by atoms with Crippen LogP contribution in [0.2, 0.25) is 0 Å². The van der Waals surface area contributed by atoms with Gasteiger partial charge in [0.15, 0.2) is 0 Å². The van der Waals surface area contributed by atoms with Crippen LogP contribution in [0.4, 0.5) is 0 Å². The molecule has 0 heteroatoms. The molecule has 0 spiro atoms. The summed E-state index contributed by atoms with van der Waals surface area (Å²) in [6, 6.07) is 13.2. The van der Waals surface area contributed by atoms with Gasteiger partial charge in [-0.05, 0) is 50.1 Å². The van der Waals surface area contributed by atoms with Crippen LogP contribution < -0.4 is 10.4 Å². The molecule has 0 saturated heterocycles. The van der Waals surface area contributed by atoms with Crippen LogP contribution in [0.15, 0.2) is 42.0 Å². The fraction of sp³-hybridized carbons (Fsp3) is 0.111. The monoisotopic (exact) mass is 230 g/mol. The summed E-state index contributed by atoms with van der Waals surface area (Å²) >= 11 is 0. The van der Waals surface area contributed by atoms with Gasteiger partial charge in [0.25, 0.3) is 0 Å². The first-order valence-corrected chi connectivity index (χ1v) is 6.53. The highest BCUT2D eigenvalue weighted by molar-refractivity contribution is 5.79. The average Bonchev–Trinajstić information content (AvgIpc) is 2.98. The Balaban J connectivity index is 2.19. The van der Waals surface area contributed by atoms with Gasteiger partial charge in [0, 0.05) is 0 Å². The van der Waals surface area contributed by atoms with Gasteiger partial charge < -0.3 is 0 Å². The summed E-state index contributed by atoms with van der Waals surface area (Å²) < 4.78 is 0. The zero-order chi connectivity index (χ0) is 12.1. The molecule has 2 aromatic rings. The van der Waals surface area contributed by atoms with Crippen molar-refractivity contribution in [1.29, 1.82) is 0 Å². The zero-order valence-corrected chi connectivity index (χ0v) is 10.4. The SMILES string of the molecule is CCC1=Cc2c3c(ccc2=C1)=c1ccccc1=C3. The molecule has 2 aromatic carbocycles. The molecular formula is C18H14. The Morgan fingerprint density at radius 2 is 1.61 bits per heavy atom. The predicted octanol–water partition coefficient (Wildman–Crippen LogP) is 2.70. The standard InChI is InChI=1S/C18H14/c1-2-12-9-14-7-8-16-15-6-4-3-5-13(15)11-18(16)17(14)10-12/h3-11H,2H2,1H3. The Hall–Kier alpha value is -2.08. The van der Waals surface area contributed by atoms with E-state index in [2.05, 4.69) is 61.5 Å². The number of hydrogen-bond donors (Lipinski definition) is 0. The highest BCUT2D eigenvalue weighted by Gasteiger charge is 2.11. The first kappa shape index (κ1) is 9.90. The molecule has 0 amide bonds. The Kier molecular flexibility index (Phi) is 1.90. The molecule has 0 radical (unpaired) electrons. The molecule has 0 atom stereocenters. The summed E-state index contributed by atoms with van der Waals surface area (Å²) in [5, 5.41) is 5.47. The molecule has 0 unspecified atom stereocenters. The van der Waals surface area contributed by atoms with Crippen LogP contribution in [0.5, 0.6) is 0 Å². The lowest BCUT2D eigenvalue weighted by atomic mass is 10.1. The lowest BCUT2D eigenvalue weighted by molar-refractivity contribution is 1.19. The molecule has 0 aromatic heterocycles. The number of hydrogen-bond acceptors (Lipinski definition) is 0. The van der Waals surface area contributed by atoms with Crippen LogP contribution >= 0.6 is 0 Å². The number of allylic oxidation sites excluding steroid dienone is 1. The van der Waals surface area contributed by atoms with Crippen molar-refractivity contribution < 1.29 is 0 Å². The van der Waals surface area contributed by atoms with Crippen LogP contribution in [0.3, 0.4) is 0 Å². The summed E-state index contributed by atoms with van der Waals surface area (Å²) in [7, 11) is 0. The summed E-state index contributed by atoms with van der Waals surface area (Å²) in [5.74, 6) is 0. The van der Waals surface area contributed by atoms with E-state index < -0.39 is 0 Å². The lowest BCUT2D eigenvalue weighted by Gasteiger charge is -1.98. The summed E-state index contributed by atoms with van der Waals surface area (Å²) in [4.78, 5) is 0. The highest BCUT2D eigenvalue weighted by Crippen LogP contribution is 2.21. The third kappa shape index (κ3) is 1.20. The molecule has 2 aliphatic carbocycles. The molecule has 0 saturated carbocycles. The first-order chi connectivity index (χ1) is 8.86. The van der Waals surface area contributed by atoms with Gasteiger partial charge in [-0.2, -0.15) is 0 Å². The quantitative estimate of drug-likeness (QED) is 0.603. The Bertz CT molecular complexity index is 896. The Morgan fingerprint density at radius 1 is 0.722 bits per heavy atom. The Morgan fingerprint density at radius 3 is 2.50 bits per heavy atom. The van der Waals surface area contributed by atoms with E-state index in [1.807, 2.05) is 0 Å². The third-order valence-corrected chi connectivity index (χ3v) is 3.95.